The van der Waals surface area contributed by atoms with Crippen molar-refractivity contribution in [1.29, 1.82) is 0 Å². The fraction of sp³-hybridized carbons (Fsp3) is 0.873. The van der Waals surface area contributed by atoms with Gasteiger partial charge in [0.25, 0.3) is 0 Å². The largest absolute Gasteiger partial charge is 0.462 e. The van der Waals surface area contributed by atoms with Crippen LogP contribution in [0.5, 0.6) is 0 Å². The molecule has 0 aromatic heterocycles. The quantitative estimate of drug-likeness (QED) is 0.0262. The van der Waals surface area contributed by atoms with E-state index in [1.807, 2.05) is 0 Å². The van der Waals surface area contributed by atoms with Gasteiger partial charge in [-0.1, -0.05) is 244 Å². The number of carbonyl (C=O) groups is 3. The van der Waals surface area contributed by atoms with Crippen molar-refractivity contribution in [2.45, 2.75) is 297 Å². The van der Waals surface area contributed by atoms with E-state index in [4.69, 9.17) is 14.2 Å². The summed E-state index contributed by atoms with van der Waals surface area (Å²) in [6.45, 7) is 6.64. The van der Waals surface area contributed by atoms with Crippen LogP contribution in [0.4, 0.5) is 0 Å². The Balaban J connectivity index is 4.33. The number of carbonyl (C=O) groups excluding carboxylic acids is 3. The highest BCUT2D eigenvalue weighted by atomic mass is 16.6. The van der Waals surface area contributed by atoms with Crippen molar-refractivity contribution < 1.29 is 28.6 Å². The zero-order chi connectivity index (χ0) is 44.4. The molecule has 0 rings (SSSR count). The Hall–Kier alpha value is -2.11. The van der Waals surface area contributed by atoms with Gasteiger partial charge in [0.1, 0.15) is 13.2 Å². The van der Waals surface area contributed by atoms with Gasteiger partial charge in [-0.25, -0.2) is 0 Å². The summed E-state index contributed by atoms with van der Waals surface area (Å²) >= 11 is 0. The molecular weight excluding hydrogens is 757 g/mol. The number of esters is 3. The molecule has 0 saturated heterocycles. The smallest absolute Gasteiger partial charge is 0.306 e. The number of unbranched alkanes of at least 4 members (excludes halogenated alkanes) is 34. The predicted molar refractivity (Wildman–Crippen MR) is 261 cm³/mol. The van der Waals surface area contributed by atoms with E-state index in [1.165, 1.54) is 180 Å². The molecule has 0 fully saturated rings. The summed E-state index contributed by atoms with van der Waals surface area (Å²) in [7, 11) is 0. The van der Waals surface area contributed by atoms with Crippen LogP contribution in [0.3, 0.4) is 0 Å². The van der Waals surface area contributed by atoms with Crippen LogP contribution in [0, 0.1) is 0 Å². The Labute approximate surface area is 379 Å². The van der Waals surface area contributed by atoms with Crippen LogP contribution >= 0.6 is 0 Å². The topological polar surface area (TPSA) is 78.9 Å². The minimum atomic E-state index is -0.768. The third-order valence-corrected chi connectivity index (χ3v) is 12.0. The first-order chi connectivity index (χ1) is 30.0. The Morgan fingerprint density at radius 3 is 0.934 bits per heavy atom. The van der Waals surface area contributed by atoms with Crippen LogP contribution in [0.2, 0.25) is 0 Å². The number of allylic oxidation sites excluding steroid dienone is 4. The number of hydrogen-bond donors (Lipinski definition) is 0. The van der Waals surface area contributed by atoms with Crippen LogP contribution in [-0.2, 0) is 28.6 Å². The monoisotopic (exact) mass is 859 g/mol. The van der Waals surface area contributed by atoms with Gasteiger partial charge in [-0.3, -0.25) is 14.4 Å². The van der Waals surface area contributed by atoms with Crippen LogP contribution < -0.4 is 0 Å². The lowest BCUT2D eigenvalue weighted by Crippen LogP contribution is -2.30. The molecule has 0 bridgehead atoms. The Morgan fingerprint density at radius 2 is 0.590 bits per heavy atom. The van der Waals surface area contributed by atoms with E-state index >= 15 is 0 Å². The highest BCUT2D eigenvalue weighted by molar-refractivity contribution is 5.71. The summed E-state index contributed by atoms with van der Waals surface area (Å²) in [5.74, 6) is -0.860. The van der Waals surface area contributed by atoms with Gasteiger partial charge >= 0.3 is 17.9 Å². The van der Waals surface area contributed by atoms with Gasteiger partial charge in [0, 0.05) is 19.3 Å². The molecule has 0 aliphatic heterocycles. The second kappa shape index (κ2) is 50.5. The number of rotatable bonds is 49. The molecule has 1 atom stereocenters. The Kier molecular flexibility index (Phi) is 48.8. The van der Waals surface area contributed by atoms with E-state index in [0.717, 1.165) is 70.6 Å². The van der Waals surface area contributed by atoms with E-state index in [2.05, 4.69) is 45.1 Å². The van der Waals surface area contributed by atoms with Crippen molar-refractivity contribution in [2.24, 2.45) is 0 Å². The van der Waals surface area contributed by atoms with E-state index in [0.29, 0.717) is 19.3 Å². The molecule has 0 aliphatic rings. The number of ether oxygens (including phenoxy) is 3. The first kappa shape index (κ1) is 58.9. The zero-order valence-electron chi connectivity index (χ0n) is 40.9. The zero-order valence-corrected chi connectivity index (χ0v) is 40.9. The van der Waals surface area contributed by atoms with Gasteiger partial charge in [-0.2, -0.15) is 0 Å². The molecule has 0 heterocycles. The standard InChI is InChI=1S/C55H102O6/c1-4-7-10-13-16-19-22-25-26-27-28-31-33-36-39-42-45-48-54(57)60-51-52(61-55(58)49-46-43-40-37-34-30-24-21-18-15-12-9-6-3)50-59-53(56)47-44-41-38-35-32-29-23-20-17-14-11-8-5-2/h16,19,25-26,52H,4-15,17-18,20-24,27-51H2,1-3H3/b19-16-,26-25-. The molecule has 0 N–H and O–H groups in total. The van der Waals surface area contributed by atoms with Crippen molar-refractivity contribution in [2.75, 3.05) is 13.2 Å². The van der Waals surface area contributed by atoms with Gasteiger partial charge in [0.2, 0.25) is 0 Å². The lowest BCUT2D eigenvalue weighted by Gasteiger charge is -2.18. The molecule has 0 aromatic rings. The molecule has 6 heteroatoms. The van der Waals surface area contributed by atoms with E-state index < -0.39 is 6.10 Å². The fourth-order valence-electron chi connectivity index (χ4n) is 7.89. The van der Waals surface area contributed by atoms with E-state index in [9.17, 15) is 14.4 Å². The molecule has 6 nitrogen and oxygen atoms in total. The summed E-state index contributed by atoms with van der Waals surface area (Å²) in [5, 5.41) is 0. The summed E-state index contributed by atoms with van der Waals surface area (Å²) in [6, 6.07) is 0. The molecule has 1 unspecified atom stereocenters. The second-order valence-electron chi connectivity index (χ2n) is 18.2. The normalized spacial score (nSPS) is 12.1. The maximum atomic E-state index is 12.8. The van der Waals surface area contributed by atoms with Gasteiger partial charge in [0.15, 0.2) is 6.10 Å². The predicted octanol–water partition coefficient (Wildman–Crippen LogP) is 17.5. The van der Waals surface area contributed by atoms with E-state index in [-0.39, 0.29) is 31.1 Å². The highest BCUT2D eigenvalue weighted by Gasteiger charge is 2.19. The summed E-state index contributed by atoms with van der Waals surface area (Å²) in [6.07, 6.45) is 57.2. The van der Waals surface area contributed by atoms with Crippen molar-refractivity contribution in [3.8, 4) is 0 Å². The molecule has 0 aliphatic carbocycles. The molecule has 61 heavy (non-hydrogen) atoms. The average molecular weight is 859 g/mol. The number of hydrogen-bond acceptors (Lipinski definition) is 6. The van der Waals surface area contributed by atoms with Gasteiger partial charge in [-0.15, -0.1) is 0 Å². The van der Waals surface area contributed by atoms with Crippen LogP contribution in [0.25, 0.3) is 0 Å². The third-order valence-electron chi connectivity index (χ3n) is 12.0. The molecular formula is C55H102O6. The van der Waals surface area contributed by atoms with Crippen molar-refractivity contribution in [1.82, 2.24) is 0 Å². The minimum absolute atomic E-state index is 0.0686. The first-order valence-corrected chi connectivity index (χ1v) is 26.8. The van der Waals surface area contributed by atoms with Crippen molar-refractivity contribution in [3.63, 3.8) is 0 Å². The molecule has 0 amide bonds. The minimum Gasteiger partial charge on any atom is -0.462 e. The van der Waals surface area contributed by atoms with Crippen molar-refractivity contribution >= 4 is 17.9 Å². The van der Waals surface area contributed by atoms with Crippen molar-refractivity contribution in [3.05, 3.63) is 24.3 Å². The lowest BCUT2D eigenvalue weighted by atomic mass is 10.0. The van der Waals surface area contributed by atoms with Gasteiger partial charge in [-0.05, 0) is 51.4 Å². The third kappa shape index (κ3) is 48.8. The molecule has 0 radical (unpaired) electrons. The van der Waals surface area contributed by atoms with Crippen LogP contribution in [0.15, 0.2) is 24.3 Å². The summed E-state index contributed by atoms with van der Waals surface area (Å²) in [4.78, 5) is 38.0. The summed E-state index contributed by atoms with van der Waals surface area (Å²) in [5.41, 5.74) is 0. The second-order valence-corrected chi connectivity index (χ2v) is 18.2. The maximum Gasteiger partial charge on any atom is 0.306 e. The maximum absolute atomic E-state index is 12.8. The van der Waals surface area contributed by atoms with E-state index in [1.54, 1.807) is 0 Å². The molecule has 0 saturated carbocycles. The molecule has 0 spiro atoms. The average Bonchev–Trinajstić information content (AvgIpc) is 3.26. The van der Waals surface area contributed by atoms with Crippen LogP contribution in [-0.4, -0.2) is 37.2 Å². The fourth-order valence-corrected chi connectivity index (χ4v) is 7.89. The molecule has 0 aromatic carbocycles. The summed E-state index contributed by atoms with van der Waals surface area (Å²) < 4.78 is 16.8. The molecule has 358 valence electrons. The first-order valence-electron chi connectivity index (χ1n) is 26.8. The lowest BCUT2D eigenvalue weighted by molar-refractivity contribution is -0.167. The van der Waals surface area contributed by atoms with Crippen LogP contribution in [0.1, 0.15) is 290 Å². The SMILES string of the molecule is CCCCC/C=C\C/C=C\CCCCCCCCCC(=O)OCC(COC(=O)CCCCCCCCCCCCCCC)OC(=O)CCCCCCCCCCCCCCC. The Bertz CT molecular complexity index is 989. The van der Waals surface area contributed by atoms with Gasteiger partial charge in [0.05, 0.1) is 0 Å². The van der Waals surface area contributed by atoms with Gasteiger partial charge < -0.3 is 14.2 Å². The Morgan fingerprint density at radius 1 is 0.328 bits per heavy atom. The highest BCUT2D eigenvalue weighted by Crippen LogP contribution is 2.16.